The maximum atomic E-state index is 13.0. The topological polar surface area (TPSA) is 186 Å². The number of anilines is 1. The summed E-state index contributed by atoms with van der Waals surface area (Å²) in [6.45, 7) is -0.140. The molecule has 0 saturated carbocycles. The van der Waals surface area contributed by atoms with E-state index in [2.05, 4.69) is 0 Å². The molecule has 0 saturated heterocycles. The van der Waals surface area contributed by atoms with Gasteiger partial charge < -0.3 is 25.7 Å². The van der Waals surface area contributed by atoms with E-state index < -0.39 is 56.4 Å². The molecule has 0 bridgehead atoms. The number of pyridine rings is 1. The minimum Gasteiger partial charge on any atom is -0.482 e. The van der Waals surface area contributed by atoms with E-state index >= 15 is 0 Å². The van der Waals surface area contributed by atoms with Crippen LogP contribution in [0, 0.1) is 15.9 Å². The number of hydrogen-bond acceptors (Lipinski definition) is 7. The first-order valence-electron chi connectivity index (χ1n) is 8.78. The van der Waals surface area contributed by atoms with Crippen LogP contribution in [0.1, 0.15) is 26.3 Å². The predicted octanol–water partition coefficient (Wildman–Crippen LogP) is 2.65. The van der Waals surface area contributed by atoms with Crippen LogP contribution in [0.2, 0.25) is 0 Å². The largest absolute Gasteiger partial charge is 0.482 e. The van der Waals surface area contributed by atoms with Crippen LogP contribution in [0.3, 0.4) is 0 Å². The molecule has 164 valence electrons. The standard InChI is InChI=1S/C20H14FN3O8/c21-11-4-1-9(2-5-11)8-32-13-6-3-10(7-12(13)24(30)31)14-15(19(26)27)17(22)23-18(25)16(14)20(28)29/h1-7H,8H2,(H,26,27)(H,28,29)(H3,22,23,25). The van der Waals surface area contributed by atoms with Gasteiger partial charge in [0.15, 0.2) is 5.75 Å². The van der Waals surface area contributed by atoms with Gasteiger partial charge in [0.2, 0.25) is 0 Å². The third kappa shape index (κ3) is 4.23. The maximum absolute atomic E-state index is 13.0. The summed E-state index contributed by atoms with van der Waals surface area (Å²) in [6, 6.07) is 8.40. The van der Waals surface area contributed by atoms with E-state index in [0.29, 0.717) is 5.56 Å². The summed E-state index contributed by atoms with van der Waals surface area (Å²) in [5, 5.41) is 30.5. The number of benzene rings is 2. The lowest BCUT2D eigenvalue weighted by atomic mass is 9.95. The lowest BCUT2D eigenvalue weighted by Crippen LogP contribution is -2.24. The number of carboxylic acid groups (broad SMARTS) is 2. The van der Waals surface area contributed by atoms with Crippen molar-refractivity contribution in [1.82, 2.24) is 4.98 Å². The van der Waals surface area contributed by atoms with Crippen molar-refractivity contribution < 1.29 is 33.9 Å². The van der Waals surface area contributed by atoms with E-state index in [9.17, 15) is 39.1 Å². The molecule has 0 aliphatic carbocycles. The van der Waals surface area contributed by atoms with Crippen molar-refractivity contribution in [2.24, 2.45) is 0 Å². The Bertz CT molecular complexity index is 1300. The second kappa shape index (κ2) is 8.55. The third-order valence-electron chi connectivity index (χ3n) is 4.42. The highest BCUT2D eigenvalue weighted by Crippen LogP contribution is 2.36. The van der Waals surface area contributed by atoms with Crippen molar-refractivity contribution in [2.45, 2.75) is 6.61 Å². The van der Waals surface area contributed by atoms with Crippen molar-refractivity contribution in [2.75, 3.05) is 5.73 Å². The highest BCUT2D eigenvalue weighted by Gasteiger charge is 2.28. The highest BCUT2D eigenvalue weighted by molar-refractivity contribution is 6.07. The van der Waals surface area contributed by atoms with Gasteiger partial charge in [-0.05, 0) is 29.3 Å². The fraction of sp³-hybridized carbons (Fsp3) is 0.0500. The number of nitro benzene ring substituents is 1. The fourth-order valence-corrected chi connectivity index (χ4v) is 3.01. The van der Waals surface area contributed by atoms with E-state index in [4.69, 9.17) is 10.5 Å². The molecule has 0 amide bonds. The lowest BCUT2D eigenvalue weighted by Gasteiger charge is -2.13. The highest BCUT2D eigenvalue weighted by atomic mass is 19.1. The van der Waals surface area contributed by atoms with E-state index in [-0.39, 0.29) is 17.9 Å². The number of rotatable bonds is 7. The van der Waals surface area contributed by atoms with Crippen LogP contribution in [0.5, 0.6) is 5.75 Å². The van der Waals surface area contributed by atoms with Crippen LogP contribution in [-0.2, 0) is 6.61 Å². The molecule has 5 N–H and O–H groups in total. The number of aromatic nitrogens is 1. The fourth-order valence-electron chi connectivity index (χ4n) is 3.01. The van der Waals surface area contributed by atoms with Gasteiger partial charge in [0.05, 0.1) is 4.92 Å². The zero-order valence-electron chi connectivity index (χ0n) is 16.0. The molecule has 11 nitrogen and oxygen atoms in total. The smallest absolute Gasteiger partial charge is 0.342 e. The van der Waals surface area contributed by atoms with Gasteiger partial charge in [-0.3, -0.25) is 14.9 Å². The first-order valence-corrected chi connectivity index (χ1v) is 8.78. The second-order valence-corrected chi connectivity index (χ2v) is 6.46. The molecule has 0 atom stereocenters. The summed E-state index contributed by atoms with van der Waals surface area (Å²) in [4.78, 5) is 48.2. The van der Waals surface area contributed by atoms with Crippen LogP contribution in [0.15, 0.2) is 47.3 Å². The minimum absolute atomic E-state index is 0.140. The summed E-state index contributed by atoms with van der Waals surface area (Å²) in [5.41, 5.74) is 1.81. The van der Waals surface area contributed by atoms with Gasteiger partial charge in [-0.15, -0.1) is 0 Å². The number of aromatic carboxylic acids is 2. The van der Waals surface area contributed by atoms with Crippen molar-refractivity contribution >= 4 is 23.4 Å². The number of nitrogens with one attached hydrogen (secondary N) is 1. The number of nitrogen functional groups attached to an aromatic ring is 1. The number of halogens is 1. The van der Waals surface area contributed by atoms with Gasteiger partial charge in [-0.2, -0.15) is 0 Å². The number of nitro groups is 1. The molecule has 32 heavy (non-hydrogen) atoms. The number of nitrogens with zero attached hydrogens (tertiary/aromatic N) is 1. The van der Waals surface area contributed by atoms with Crippen molar-refractivity contribution in [3.8, 4) is 16.9 Å². The average Bonchev–Trinajstić information content (AvgIpc) is 2.72. The van der Waals surface area contributed by atoms with E-state index in [1.54, 1.807) is 0 Å². The van der Waals surface area contributed by atoms with Crippen molar-refractivity contribution in [3.05, 3.63) is 85.4 Å². The van der Waals surface area contributed by atoms with Gasteiger partial charge in [0, 0.05) is 11.6 Å². The quantitative estimate of drug-likeness (QED) is 0.314. The Morgan fingerprint density at radius 2 is 1.72 bits per heavy atom. The number of aromatic amines is 1. The van der Waals surface area contributed by atoms with Gasteiger partial charge >= 0.3 is 17.6 Å². The van der Waals surface area contributed by atoms with Gasteiger partial charge in [0.25, 0.3) is 5.56 Å². The minimum atomic E-state index is -1.75. The number of ether oxygens (including phenoxy) is 1. The molecule has 0 fully saturated rings. The van der Waals surface area contributed by atoms with Gasteiger partial charge in [-0.25, -0.2) is 14.0 Å². The van der Waals surface area contributed by atoms with Crippen LogP contribution < -0.4 is 16.0 Å². The SMILES string of the molecule is Nc1[nH]c(=O)c(C(=O)O)c(-c2ccc(OCc3ccc(F)cc3)c([N+](=O)[O-])c2)c1C(=O)O. The average molecular weight is 443 g/mol. The van der Waals surface area contributed by atoms with Gasteiger partial charge in [0.1, 0.15) is 29.4 Å². The van der Waals surface area contributed by atoms with Crippen LogP contribution in [0.4, 0.5) is 15.9 Å². The Morgan fingerprint density at radius 1 is 1.09 bits per heavy atom. The zero-order chi connectivity index (χ0) is 23.6. The van der Waals surface area contributed by atoms with Gasteiger partial charge in [-0.1, -0.05) is 18.2 Å². The molecular formula is C20H14FN3O8. The van der Waals surface area contributed by atoms with Crippen molar-refractivity contribution in [3.63, 3.8) is 0 Å². The summed E-state index contributed by atoms with van der Waals surface area (Å²) in [7, 11) is 0. The van der Waals surface area contributed by atoms with E-state index in [0.717, 1.165) is 12.1 Å². The Labute approximate surface area is 177 Å². The van der Waals surface area contributed by atoms with Crippen LogP contribution in [-0.4, -0.2) is 32.1 Å². The number of H-pyrrole nitrogens is 1. The molecule has 0 spiro atoms. The monoisotopic (exact) mass is 443 g/mol. The summed E-state index contributed by atoms with van der Waals surface area (Å²) >= 11 is 0. The second-order valence-electron chi connectivity index (χ2n) is 6.46. The first-order chi connectivity index (χ1) is 15.1. The number of nitrogens with two attached hydrogens (primary N) is 1. The molecule has 3 rings (SSSR count). The Balaban J connectivity index is 2.14. The molecule has 0 radical (unpaired) electrons. The Hall–Kier alpha value is -4.74. The molecule has 1 aromatic heterocycles. The first kappa shape index (κ1) is 22.0. The molecule has 12 heteroatoms. The molecule has 0 unspecified atom stereocenters. The van der Waals surface area contributed by atoms with E-state index in [1.807, 2.05) is 4.98 Å². The molecule has 0 aliphatic rings. The third-order valence-corrected chi connectivity index (χ3v) is 4.42. The predicted molar refractivity (Wildman–Crippen MR) is 108 cm³/mol. The molecule has 3 aromatic rings. The maximum Gasteiger partial charge on any atom is 0.342 e. The summed E-state index contributed by atoms with van der Waals surface area (Å²) in [6.07, 6.45) is 0. The lowest BCUT2D eigenvalue weighted by molar-refractivity contribution is -0.385. The number of hydrogen-bond donors (Lipinski definition) is 4. The zero-order valence-corrected chi connectivity index (χ0v) is 16.0. The molecule has 2 aromatic carbocycles. The number of carbonyl (C=O) groups is 2. The number of carboxylic acids is 2. The Morgan fingerprint density at radius 3 is 2.28 bits per heavy atom. The van der Waals surface area contributed by atoms with Crippen molar-refractivity contribution in [1.29, 1.82) is 0 Å². The Kier molecular flexibility index (Phi) is 5.87. The normalized spacial score (nSPS) is 10.5. The molecular weight excluding hydrogens is 429 g/mol. The van der Waals surface area contributed by atoms with Crippen LogP contribution >= 0.6 is 0 Å². The molecule has 0 aliphatic heterocycles. The summed E-state index contributed by atoms with van der Waals surface area (Å²) < 4.78 is 18.4. The van der Waals surface area contributed by atoms with Crippen LogP contribution in [0.25, 0.3) is 11.1 Å². The molecule has 1 heterocycles. The van der Waals surface area contributed by atoms with E-state index in [1.165, 1.54) is 30.3 Å². The summed E-state index contributed by atoms with van der Waals surface area (Å²) in [5.74, 6) is -4.68.